The molecule has 0 N–H and O–H groups in total. The highest BCUT2D eigenvalue weighted by Crippen LogP contribution is 2.22. The summed E-state index contributed by atoms with van der Waals surface area (Å²) in [5.41, 5.74) is 0. The van der Waals surface area contributed by atoms with E-state index in [4.69, 9.17) is 0 Å². The first kappa shape index (κ1) is 15.3. The van der Waals surface area contributed by atoms with E-state index in [1.54, 1.807) is 0 Å². The first-order chi connectivity index (χ1) is 9.06. The molecule has 3 nitrogen and oxygen atoms in total. The predicted molar refractivity (Wildman–Crippen MR) is 82.6 cm³/mol. The molecule has 0 aromatic rings. The van der Waals surface area contributed by atoms with Crippen molar-refractivity contribution in [1.82, 2.24) is 14.7 Å². The van der Waals surface area contributed by atoms with Crippen LogP contribution in [0, 0.1) is 5.92 Å². The van der Waals surface area contributed by atoms with Gasteiger partial charge < -0.3 is 14.7 Å². The van der Waals surface area contributed by atoms with Crippen LogP contribution in [0.25, 0.3) is 0 Å². The Hall–Kier alpha value is -0.120. The Morgan fingerprint density at radius 1 is 0.947 bits per heavy atom. The van der Waals surface area contributed by atoms with E-state index in [1.165, 1.54) is 58.4 Å². The summed E-state index contributed by atoms with van der Waals surface area (Å²) in [4.78, 5) is 7.75. The Balaban J connectivity index is 1.67. The van der Waals surface area contributed by atoms with E-state index >= 15 is 0 Å². The third-order valence-corrected chi connectivity index (χ3v) is 5.18. The number of hydrogen-bond acceptors (Lipinski definition) is 3. The van der Waals surface area contributed by atoms with Gasteiger partial charge in [-0.05, 0) is 85.7 Å². The van der Waals surface area contributed by atoms with Crippen LogP contribution >= 0.6 is 0 Å². The topological polar surface area (TPSA) is 9.72 Å². The molecular formula is C16H33N3. The standard InChI is InChI=1S/C16H33N3/c1-14(2)19-11-5-15(6-12-19)13-18-9-7-16(8-10-18)17(3)4/h14-16H,5-13H2,1-4H3. The van der Waals surface area contributed by atoms with E-state index in [0.717, 1.165) is 18.0 Å². The average molecular weight is 267 g/mol. The number of piperidine rings is 2. The molecule has 0 spiro atoms. The third-order valence-electron chi connectivity index (χ3n) is 5.18. The Morgan fingerprint density at radius 2 is 1.53 bits per heavy atom. The summed E-state index contributed by atoms with van der Waals surface area (Å²) in [6, 6.07) is 1.55. The normalized spacial score (nSPS) is 25.6. The highest BCUT2D eigenvalue weighted by molar-refractivity contribution is 4.81. The summed E-state index contributed by atoms with van der Waals surface area (Å²) in [5, 5.41) is 0. The lowest BCUT2D eigenvalue weighted by Gasteiger charge is -2.39. The van der Waals surface area contributed by atoms with Crippen LogP contribution < -0.4 is 0 Å². The van der Waals surface area contributed by atoms with Crippen LogP contribution in [0.15, 0.2) is 0 Å². The van der Waals surface area contributed by atoms with Gasteiger partial charge in [0, 0.05) is 18.6 Å². The van der Waals surface area contributed by atoms with E-state index < -0.39 is 0 Å². The van der Waals surface area contributed by atoms with Crippen molar-refractivity contribution < 1.29 is 0 Å². The maximum Gasteiger partial charge on any atom is 0.0113 e. The van der Waals surface area contributed by atoms with Crippen LogP contribution in [-0.4, -0.2) is 73.6 Å². The van der Waals surface area contributed by atoms with E-state index in [1.807, 2.05) is 0 Å². The molecule has 2 aliphatic heterocycles. The molecule has 0 aromatic carbocycles. The van der Waals surface area contributed by atoms with Crippen molar-refractivity contribution in [1.29, 1.82) is 0 Å². The van der Waals surface area contributed by atoms with Crippen LogP contribution in [-0.2, 0) is 0 Å². The van der Waals surface area contributed by atoms with Gasteiger partial charge in [0.1, 0.15) is 0 Å². The number of likely N-dealkylation sites (tertiary alicyclic amines) is 2. The molecule has 0 unspecified atom stereocenters. The van der Waals surface area contributed by atoms with Crippen LogP contribution in [0.1, 0.15) is 39.5 Å². The minimum absolute atomic E-state index is 0.733. The van der Waals surface area contributed by atoms with Gasteiger partial charge in [-0.15, -0.1) is 0 Å². The molecule has 2 heterocycles. The lowest BCUT2D eigenvalue weighted by molar-refractivity contribution is 0.0945. The summed E-state index contributed by atoms with van der Waals surface area (Å²) in [7, 11) is 4.45. The number of hydrogen-bond donors (Lipinski definition) is 0. The summed E-state index contributed by atoms with van der Waals surface area (Å²) in [5.74, 6) is 0.950. The Bertz CT molecular complexity index is 223. The summed E-state index contributed by atoms with van der Waals surface area (Å²) >= 11 is 0. The highest BCUT2D eigenvalue weighted by atomic mass is 15.2. The van der Waals surface area contributed by atoms with Crippen molar-refractivity contribution in [3.8, 4) is 0 Å². The Kier molecular flexibility index (Phi) is 5.67. The summed E-state index contributed by atoms with van der Waals surface area (Å²) < 4.78 is 0. The zero-order chi connectivity index (χ0) is 13.8. The van der Waals surface area contributed by atoms with Crippen molar-refractivity contribution in [3.63, 3.8) is 0 Å². The van der Waals surface area contributed by atoms with Gasteiger partial charge in [-0.3, -0.25) is 0 Å². The monoisotopic (exact) mass is 267 g/mol. The van der Waals surface area contributed by atoms with Gasteiger partial charge in [0.25, 0.3) is 0 Å². The SMILES string of the molecule is CC(C)N1CCC(CN2CCC(N(C)C)CC2)CC1. The molecule has 0 aromatic heterocycles. The van der Waals surface area contributed by atoms with Crippen LogP contribution in [0.2, 0.25) is 0 Å². The molecular weight excluding hydrogens is 234 g/mol. The van der Waals surface area contributed by atoms with Gasteiger partial charge >= 0.3 is 0 Å². The first-order valence-electron chi connectivity index (χ1n) is 8.19. The maximum absolute atomic E-state index is 2.72. The fraction of sp³-hybridized carbons (Fsp3) is 1.00. The van der Waals surface area contributed by atoms with Gasteiger partial charge in [-0.25, -0.2) is 0 Å². The lowest BCUT2D eigenvalue weighted by Crippen LogP contribution is -2.46. The number of nitrogens with zero attached hydrogens (tertiary/aromatic N) is 3. The van der Waals surface area contributed by atoms with E-state index in [2.05, 4.69) is 42.6 Å². The largest absolute Gasteiger partial charge is 0.306 e. The minimum atomic E-state index is 0.733. The predicted octanol–water partition coefficient (Wildman–Crippen LogP) is 2.13. The molecule has 19 heavy (non-hydrogen) atoms. The second-order valence-corrected chi connectivity index (χ2v) is 7.07. The van der Waals surface area contributed by atoms with Gasteiger partial charge in [0.2, 0.25) is 0 Å². The molecule has 2 rings (SSSR count). The second kappa shape index (κ2) is 7.05. The second-order valence-electron chi connectivity index (χ2n) is 7.07. The van der Waals surface area contributed by atoms with E-state index in [9.17, 15) is 0 Å². The third kappa shape index (κ3) is 4.44. The fourth-order valence-electron chi connectivity index (χ4n) is 3.64. The molecule has 0 radical (unpaired) electrons. The molecule has 2 fully saturated rings. The van der Waals surface area contributed by atoms with Crippen LogP contribution in [0.4, 0.5) is 0 Å². The Morgan fingerprint density at radius 3 is 2.00 bits per heavy atom. The highest BCUT2D eigenvalue weighted by Gasteiger charge is 2.25. The van der Waals surface area contributed by atoms with Gasteiger partial charge in [0.15, 0.2) is 0 Å². The molecule has 0 aliphatic carbocycles. The molecule has 112 valence electrons. The lowest BCUT2D eigenvalue weighted by atomic mass is 9.94. The van der Waals surface area contributed by atoms with Crippen molar-refractivity contribution >= 4 is 0 Å². The van der Waals surface area contributed by atoms with Crippen molar-refractivity contribution in [3.05, 3.63) is 0 Å². The molecule has 0 bridgehead atoms. The van der Waals surface area contributed by atoms with E-state index in [-0.39, 0.29) is 0 Å². The molecule has 0 atom stereocenters. The van der Waals surface area contributed by atoms with Crippen LogP contribution in [0.3, 0.4) is 0 Å². The average Bonchev–Trinajstić information content (AvgIpc) is 2.40. The van der Waals surface area contributed by atoms with Gasteiger partial charge in [0.05, 0.1) is 0 Å². The smallest absolute Gasteiger partial charge is 0.0113 e. The first-order valence-corrected chi connectivity index (χ1v) is 8.19. The maximum atomic E-state index is 2.72. The van der Waals surface area contributed by atoms with E-state index in [0.29, 0.717) is 0 Å². The zero-order valence-corrected chi connectivity index (χ0v) is 13.4. The molecule has 3 heteroatoms. The number of rotatable bonds is 4. The Labute approximate surface area is 119 Å². The van der Waals surface area contributed by atoms with Gasteiger partial charge in [-0.2, -0.15) is 0 Å². The molecule has 2 aliphatic rings. The van der Waals surface area contributed by atoms with Crippen molar-refractivity contribution in [2.75, 3.05) is 46.8 Å². The molecule has 2 saturated heterocycles. The van der Waals surface area contributed by atoms with Crippen molar-refractivity contribution in [2.45, 2.75) is 51.6 Å². The summed E-state index contributed by atoms with van der Waals surface area (Å²) in [6.45, 7) is 11.3. The quantitative estimate of drug-likeness (QED) is 0.772. The summed E-state index contributed by atoms with van der Waals surface area (Å²) in [6.07, 6.45) is 5.53. The van der Waals surface area contributed by atoms with Crippen molar-refractivity contribution in [2.24, 2.45) is 5.92 Å². The zero-order valence-electron chi connectivity index (χ0n) is 13.4. The van der Waals surface area contributed by atoms with Gasteiger partial charge in [-0.1, -0.05) is 0 Å². The molecule has 0 saturated carbocycles. The fourth-order valence-corrected chi connectivity index (χ4v) is 3.64. The molecule has 0 amide bonds. The van der Waals surface area contributed by atoms with Crippen LogP contribution in [0.5, 0.6) is 0 Å². The minimum Gasteiger partial charge on any atom is -0.306 e.